The average molecular weight is 299 g/mol. The van der Waals surface area contributed by atoms with Crippen LogP contribution in [-0.2, 0) is 4.79 Å². The average Bonchev–Trinajstić information content (AvgIpc) is 2.47. The minimum absolute atomic E-state index is 0.354. The number of carbonyl (C=O) groups is 1. The van der Waals surface area contributed by atoms with Crippen molar-refractivity contribution in [2.24, 2.45) is 0 Å². The lowest BCUT2D eigenvalue weighted by atomic mass is 10.2. The van der Waals surface area contributed by atoms with Crippen LogP contribution in [0, 0.1) is 0 Å². The molecule has 0 aliphatic heterocycles. The molecule has 0 saturated heterocycles. The highest BCUT2D eigenvalue weighted by molar-refractivity contribution is 6.34. The maximum atomic E-state index is 10.9. The van der Waals surface area contributed by atoms with Crippen LogP contribution < -0.4 is 4.74 Å². The highest BCUT2D eigenvalue weighted by atomic mass is 35.5. The fourth-order valence-corrected chi connectivity index (χ4v) is 2.24. The number of para-hydroxylation sites is 1. The largest absolute Gasteiger partial charge is 0.427 e. The van der Waals surface area contributed by atoms with Gasteiger partial charge < -0.3 is 4.74 Å². The van der Waals surface area contributed by atoms with Gasteiger partial charge in [-0.3, -0.25) is 4.79 Å². The molecule has 0 bridgehead atoms. The predicted octanol–water partition coefficient (Wildman–Crippen LogP) is 3.88. The highest BCUT2D eigenvalue weighted by Gasteiger charge is 2.08. The van der Waals surface area contributed by atoms with Crippen LogP contribution >= 0.6 is 11.6 Å². The molecule has 0 N–H and O–H groups in total. The monoisotopic (exact) mass is 298 g/mol. The zero-order valence-electron chi connectivity index (χ0n) is 11.2. The molecule has 104 valence electrons. The summed E-state index contributed by atoms with van der Waals surface area (Å²) in [6, 6.07) is 14.5. The lowest BCUT2D eigenvalue weighted by molar-refractivity contribution is -0.131. The molecule has 0 aliphatic carbocycles. The number of esters is 1. The van der Waals surface area contributed by atoms with Crippen LogP contribution in [-0.4, -0.2) is 15.9 Å². The molecular formula is C16H11ClN2O2. The van der Waals surface area contributed by atoms with E-state index in [-0.39, 0.29) is 5.97 Å². The number of rotatable bonds is 2. The van der Waals surface area contributed by atoms with Crippen molar-refractivity contribution >= 4 is 28.5 Å². The number of halogens is 1. The predicted molar refractivity (Wildman–Crippen MR) is 81.3 cm³/mol. The number of benzene rings is 2. The number of hydrogen-bond donors (Lipinski definition) is 0. The molecule has 3 aromatic rings. The van der Waals surface area contributed by atoms with Crippen molar-refractivity contribution in [3.8, 4) is 17.1 Å². The van der Waals surface area contributed by atoms with Gasteiger partial charge in [-0.2, -0.15) is 0 Å². The molecule has 21 heavy (non-hydrogen) atoms. The second-order valence-electron chi connectivity index (χ2n) is 4.47. The number of fused-ring (bicyclic) bond motifs is 1. The molecule has 4 nitrogen and oxygen atoms in total. The van der Waals surface area contributed by atoms with Gasteiger partial charge in [0, 0.05) is 17.9 Å². The molecule has 1 heterocycles. The van der Waals surface area contributed by atoms with Crippen molar-refractivity contribution in [1.82, 2.24) is 9.97 Å². The third-order valence-corrected chi connectivity index (χ3v) is 3.22. The standard InChI is InChI=1S/C16H11ClN2O2/c1-10(20)21-12-8-6-11(7-9-12)16-18-14-5-3-2-4-13(14)15(17)19-16/h2-9H,1H3. The Hall–Kier alpha value is -2.46. The van der Waals surface area contributed by atoms with E-state index in [1.165, 1.54) is 6.92 Å². The zero-order chi connectivity index (χ0) is 14.8. The second kappa shape index (κ2) is 5.50. The Bertz CT molecular complexity index is 816. The number of aromatic nitrogens is 2. The van der Waals surface area contributed by atoms with E-state index in [9.17, 15) is 4.79 Å². The summed E-state index contributed by atoms with van der Waals surface area (Å²) in [5.41, 5.74) is 1.59. The van der Waals surface area contributed by atoms with Gasteiger partial charge in [0.2, 0.25) is 0 Å². The molecule has 0 unspecified atom stereocenters. The third-order valence-electron chi connectivity index (χ3n) is 2.93. The molecule has 5 heteroatoms. The first-order valence-electron chi connectivity index (χ1n) is 6.34. The van der Waals surface area contributed by atoms with E-state index >= 15 is 0 Å². The summed E-state index contributed by atoms with van der Waals surface area (Å²) in [7, 11) is 0. The molecule has 2 aromatic carbocycles. The van der Waals surface area contributed by atoms with Crippen LogP contribution in [0.5, 0.6) is 5.75 Å². The fourth-order valence-electron chi connectivity index (χ4n) is 2.00. The summed E-state index contributed by atoms with van der Waals surface area (Å²) in [6.45, 7) is 1.36. The van der Waals surface area contributed by atoms with Gasteiger partial charge in [-0.05, 0) is 36.4 Å². The van der Waals surface area contributed by atoms with E-state index in [1.807, 2.05) is 24.3 Å². The first kappa shape index (κ1) is 13.5. The van der Waals surface area contributed by atoms with Gasteiger partial charge in [0.15, 0.2) is 5.82 Å². The SMILES string of the molecule is CC(=O)Oc1ccc(-c2nc(Cl)c3ccccc3n2)cc1. The van der Waals surface area contributed by atoms with Crippen molar-refractivity contribution in [3.05, 3.63) is 53.7 Å². The van der Waals surface area contributed by atoms with E-state index in [0.717, 1.165) is 16.5 Å². The number of ether oxygens (including phenoxy) is 1. The Labute approximate surface area is 126 Å². The summed E-state index contributed by atoms with van der Waals surface area (Å²) in [6.07, 6.45) is 0. The minimum Gasteiger partial charge on any atom is -0.427 e. The molecule has 0 fully saturated rings. The van der Waals surface area contributed by atoms with Crippen molar-refractivity contribution in [3.63, 3.8) is 0 Å². The topological polar surface area (TPSA) is 52.1 Å². The number of nitrogens with zero attached hydrogens (tertiary/aromatic N) is 2. The molecule has 0 aliphatic rings. The smallest absolute Gasteiger partial charge is 0.308 e. The normalized spacial score (nSPS) is 10.6. The van der Waals surface area contributed by atoms with Gasteiger partial charge in [0.25, 0.3) is 0 Å². The molecule has 0 spiro atoms. The highest BCUT2D eigenvalue weighted by Crippen LogP contribution is 2.25. The first-order chi connectivity index (χ1) is 10.1. The second-order valence-corrected chi connectivity index (χ2v) is 4.83. The summed E-state index contributed by atoms with van der Waals surface area (Å²) >= 11 is 6.19. The quantitative estimate of drug-likeness (QED) is 0.409. The number of hydrogen-bond acceptors (Lipinski definition) is 4. The summed E-state index contributed by atoms with van der Waals surface area (Å²) in [5, 5.41) is 1.24. The van der Waals surface area contributed by atoms with Crippen LogP contribution in [0.4, 0.5) is 0 Å². The Morgan fingerprint density at radius 3 is 2.48 bits per heavy atom. The maximum Gasteiger partial charge on any atom is 0.308 e. The van der Waals surface area contributed by atoms with Gasteiger partial charge in [0.1, 0.15) is 10.9 Å². The Morgan fingerprint density at radius 1 is 1.05 bits per heavy atom. The molecule has 1 aromatic heterocycles. The van der Waals surface area contributed by atoms with E-state index in [1.54, 1.807) is 24.3 Å². The molecule has 0 amide bonds. The van der Waals surface area contributed by atoms with E-state index in [4.69, 9.17) is 16.3 Å². The van der Waals surface area contributed by atoms with Crippen molar-refractivity contribution in [2.75, 3.05) is 0 Å². The Balaban J connectivity index is 2.02. The number of carbonyl (C=O) groups excluding carboxylic acids is 1. The van der Waals surface area contributed by atoms with E-state index in [0.29, 0.717) is 16.7 Å². The van der Waals surface area contributed by atoms with Crippen molar-refractivity contribution in [2.45, 2.75) is 6.92 Å². The lowest BCUT2D eigenvalue weighted by Crippen LogP contribution is -2.01. The lowest BCUT2D eigenvalue weighted by Gasteiger charge is -2.05. The third kappa shape index (κ3) is 2.85. The molecule has 3 rings (SSSR count). The molecule has 0 atom stereocenters. The van der Waals surface area contributed by atoms with Crippen LogP contribution in [0.1, 0.15) is 6.92 Å². The van der Waals surface area contributed by atoms with Gasteiger partial charge >= 0.3 is 5.97 Å². The van der Waals surface area contributed by atoms with E-state index < -0.39 is 0 Å². The molecule has 0 radical (unpaired) electrons. The first-order valence-corrected chi connectivity index (χ1v) is 6.72. The van der Waals surface area contributed by atoms with Crippen molar-refractivity contribution < 1.29 is 9.53 Å². The Morgan fingerprint density at radius 2 is 1.76 bits per heavy atom. The van der Waals surface area contributed by atoms with Crippen LogP contribution in [0.15, 0.2) is 48.5 Å². The van der Waals surface area contributed by atoms with Crippen LogP contribution in [0.25, 0.3) is 22.3 Å². The maximum absolute atomic E-state index is 10.9. The molecular weight excluding hydrogens is 288 g/mol. The van der Waals surface area contributed by atoms with Gasteiger partial charge in [-0.25, -0.2) is 9.97 Å². The van der Waals surface area contributed by atoms with Crippen molar-refractivity contribution in [1.29, 1.82) is 0 Å². The summed E-state index contributed by atoms with van der Waals surface area (Å²) in [5.74, 6) is 0.666. The van der Waals surface area contributed by atoms with Crippen LogP contribution in [0.2, 0.25) is 5.15 Å². The van der Waals surface area contributed by atoms with Gasteiger partial charge in [0.05, 0.1) is 5.52 Å². The van der Waals surface area contributed by atoms with E-state index in [2.05, 4.69) is 9.97 Å². The minimum atomic E-state index is -0.354. The fraction of sp³-hybridized carbons (Fsp3) is 0.0625. The Kier molecular flexibility index (Phi) is 3.54. The summed E-state index contributed by atoms with van der Waals surface area (Å²) < 4.78 is 4.99. The van der Waals surface area contributed by atoms with Crippen LogP contribution in [0.3, 0.4) is 0 Å². The van der Waals surface area contributed by atoms with Gasteiger partial charge in [-0.15, -0.1) is 0 Å². The van der Waals surface area contributed by atoms with Gasteiger partial charge in [-0.1, -0.05) is 23.7 Å². The summed E-state index contributed by atoms with van der Waals surface area (Å²) in [4.78, 5) is 19.7. The zero-order valence-corrected chi connectivity index (χ0v) is 12.0. The molecule has 0 saturated carbocycles.